The van der Waals surface area contributed by atoms with Crippen molar-refractivity contribution in [2.75, 3.05) is 46.9 Å². The molecule has 1 aromatic heterocycles. The maximum Gasteiger partial charge on any atom is 0.279 e. The van der Waals surface area contributed by atoms with Gasteiger partial charge in [0.15, 0.2) is 16.3 Å². The van der Waals surface area contributed by atoms with E-state index in [1.165, 1.54) is 18.4 Å². The molecule has 0 atom stereocenters. The molecule has 8 nitrogen and oxygen atoms in total. The van der Waals surface area contributed by atoms with Crippen LogP contribution in [0.3, 0.4) is 0 Å². The van der Waals surface area contributed by atoms with Crippen molar-refractivity contribution in [1.29, 1.82) is 0 Å². The van der Waals surface area contributed by atoms with Crippen molar-refractivity contribution in [3.63, 3.8) is 0 Å². The molecule has 4 rings (SSSR count). The molecule has 0 spiro atoms. The molecule has 184 valence electrons. The van der Waals surface area contributed by atoms with Gasteiger partial charge in [0.05, 0.1) is 14.2 Å². The summed E-state index contributed by atoms with van der Waals surface area (Å²) in [6, 6.07) is 12.7. The third-order valence-electron chi connectivity index (χ3n) is 6.12. The van der Waals surface area contributed by atoms with Gasteiger partial charge in [0.25, 0.3) is 11.8 Å². The fourth-order valence-corrected chi connectivity index (χ4v) is 4.80. The summed E-state index contributed by atoms with van der Waals surface area (Å²) in [6.07, 6.45) is 1.89. The van der Waals surface area contributed by atoms with Crippen LogP contribution in [0, 0.1) is 0 Å². The number of ether oxygens (including phenoxy) is 2. The first-order chi connectivity index (χ1) is 17.0. The Morgan fingerprint density at radius 2 is 1.74 bits per heavy atom. The fraction of sp³-hybridized carbons (Fsp3) is 0.346. The van der Waals surface area contributed by atoms with Crippen molar-refractivity contribution in [3.05, 3.63) is 75.5 Å². The van der Waals surface area contributed by atoms with E-state index in [0.29, 0.717) is 34.0 Å². The molecule has 0 N–H and O–H groups in total. The average Bonchev–Trinajstić information content (AvgIpc) is 3.34. The molecule has 35 heavy (non-hydrogen) atoms. The zero-order valence-electron chi connectivity index (χ0n) is 20.3. The Hall–Kier alpha value is -3.43. The maximum atomic E-state index is 13.0. The largest absolute Gasteiger partial charge is 0.493 e. The smallest absolute Gasteiger partial charge is 0.279 e. The predicted molar refractivity (Wildman–Crippen MR) is 135 cm³/mol. The van der Waals surface area contributed by atoms with Gasteiger partial charge in [-0.2, -0.15) is 4.99 Å². The van der Waals surface area contributed by atoms with Crippen LogP contribution in [0.4, 0.5) is 0 Å². The second kappa shape index (κ2) is 11.3. The molecule has 9 heteroatoms. The van der Waals surface area contributed by atoms with Crippen LogP contribution in [-0.2, 0) is 6.54 Å². The lowest BCUT2D eigenvalue weighted by Gasteiger charge is -2.34. The standard InChI is InChI=1S/C26H30N4O4S/c1-4-28-10-12-29(13-11-28)25(32)21-7-5-6-19(16-21)18-30-14-15-35-26(30)27-24(31)20-8-9-22(33-2)23(17-20)34-3/h5-9,14-17H,4,10-13,18H2,1-3H3. The van der Waals surface area contributed by atoms with Gasteiger partial charge in [-0.15, -0.1) is 11.3 Å². The number of amides is 2. The minimum absolute atomic E-state index is 0.0615. The summed E-state index contributed by atoms with van der Waals surface area (Å²) in [7, 11) is 3.08. The predicted octanol–water partition coefficient (Wildman–Crippen LogP) is 3.13. The van der Waals surface area contributed by atoms with Gasteiger partial charge < -0.3 is 23.8 Å². The van der Waals surface area contributed by atoms with Crippen molar-refractivity contribution in [1.82, 2.24) is 14.4 Å². The monoisotopic (exact) mass is 494 g/mol. The first-order valence-electron chi connectivity index (χ1n) is 11.6. The Labute approximate surface area is 209 Å². The summed E-state index contributed by atoms with van der Waals surface area (Å²) in [5, 5.41) is 1.89. The zero-order chi connectivity index (χ0) is 24.8. The Balaban J connectivity index is 1.50. The van der Waals surface area contributed by atoms with E-state index in [-0.39, 0.29) is 11.8 Å². The normalized spacial score (nSPS) is 14.7. The summed E-state index contributed by atoms with van der Waals surface area (Å²) < 4.78 is 12.4. The number of piperazine rings is 1. The van der Waals surface area contributed by atoms with Gasteiger partial charge in [0, 0.05) is 55.4 Å². The number of hydrogen-bond acceptors (Lipinski definition) is 6. The lowest BCUT2D eigenvalue weighted by Crippen LogP contribution is -2.48. The van der Waals surface area contributed by atoms with Crippen LogP contribution >= 0.6 is 11.3 Å². The van der Waals surface area contributed by atoms with Gasteiger partial charge in [-0.25, -0.2) is 0 Å². The molecule has 0 saturated carbocycles. The van der Waals surface area contributed by atoms with E-state index >= 15 is 0 Å². The number of carbonyl (C=O) groups excluding carboxylic acids is 2. The summed E-state index contributed by atoms with van der Waals surface area (Å²) >= 11 is 1.38. The number of rotatable bonds is 7. The third-order valence-corrected chi connectivity index (χ3v) is 6.92. The molecule has 2 amide bonds. The molecule has 3 aromatic rings. The van der Waals surface area contributed by atoms with Gasteiger partial charge >= 0.3 is 0 Å². The number of benzene rings is 2. The van der Waals surface area contributed by atoms with Gasteiger partial charge in [0.1, 0.15) is 0 Å². The van der Waals surface area contributed by atoms with E-state index in [1.807, 2.05) is 45.3 Å². The van der Waals surface area contributed by atoms with Crippen molar-refractivity contribution < 1.29 is 19.1 Å². The van der Waals surface area contributed by atoms with Crippen molar-refractivity contribution in [2.24, 2.45) is 4.99 Å². The van der Waals surface area contributed by atoms with E-state index in [4.69, 9.17) is 9.47 Å². The molecule has 1 saturated heterocycles. The highest BCUT2D eigenvalue weighted by atomic mass is 32.1. The highest BCUT2D eigenvalue weighted by Crippen LogP contribution is 2.27. The molecule has 0 aliphatic carbocycles. The van der Waals surface area contributed by atoms with Crippen molar-refractivity contribution in [2.45, 2.75) is 13.5 Å². The topological polar surface area (TPSA) is 76.4 Å². The summed E-state index contributed by atoms with van der Waals surface area (Å²) in [4.78, 5) is 35.0. The minimum atomic E-state index is -0.364. The molecule has 2 aromatic carbocycles. The molecule has 1 fully saturated rings. The fourth-order valence-electron chi connectivity index (χ4n) is 4.08. The molecule has 2 heterocycles. The van der Waals surface area contributed by atoms with Gasteiger partial charge in [-0.1, -0.05) is 19.1 Å². The lowest BCUT2D eigenvalue weighted by molar-refractivity contribution is 0.0643. The van der Waals surface area contributed by atoms with Gasteiger partial charge in [-0.3, -0.25) is 9.59 Å². The van der Waals surface area contributed by atoms with Crippen LogP contribution in [0.2, 0.25) is 0 Å². The second-order valence-corrected chi connectivity index (χ2v) is 9.10. The number of likely N-dealkylation sites (N-methyl/N-ethyl adjacent to an activating group) is 1. The van der Waals surface area contributed by atoms with Crippen LogP contribution in [0.1, 0.15) is 33.2 Å². The molecule has 0 unspecified atom stereocenters. The Morgan fingerprint density at radius 1 is 0.971 bits per heavy atom. The van der Waals surface area contributed by atoms with Crippen LogP contribution in [0.5, 0.6) is 11.5 Å². The Kier molecular flexibility index (Phi) is 7.99. The molecular weight excluding hydrogens is 464 g/mol. The lowest BCUT2D eigenvalue weighted by atomic mass is 10.1. The number of hydrogen-bond donors (Lipinski definition) is 0. The quantitative estimate of drug-likeness (QED) is 0.505. The van der Waals surface area contributed by atoms with Gasteiger partial charge in [0.2, 0.25) is 0 Å². The van der Waals surface area contributed by atoms with E-state index in [1.54, 1.807) is 25.3 Å². The average molecular weight is 495 g/mol. The summed E-state index contributed by atoms with van der Waals surface area (Å²) in [5.41, 5.74) is 2.07. The SMILES string of the molecule is CCN1CCN(C(=O)c2cccc(Cn3ccsc3=NC(=O)c3ccc(OC)c(OC)c3)c2)CC1. The molecular formula is C26H30N4O4S. The Bertz CT molecular complexity index is 1260. The van der Waals surface area contributed by atoms with E-state index in [9.17, 15) is 9.59 Å². The van der Waals surface area contributed by atoms with Crippen LogP contribution in [0.25, 0.3) is 0 Å². The van der Waals surface area contributed by atoms with E-state index in [0.717, 1.165) is 38.3 Å². The molecule has 1 aliphatic heterocycles. The maximum absolute atomic E-state index is 13.0. The number of nitrogens with zero attached hydrogens (tertiary/aromatic N) is 4. The highest BCUT2D eigenvalue weighted by Gasteiger charge is 2.21. The molecule has 0 radical (unpaired) electrons. The first kappa shape index (κ1) is 24.7. The number of thiazole rings is 1. The van der Waals surface area contributed by atoms with Crippen LogP contribution in [-0.4, -0.2) is 73.1 Å². The number of aromatic nitrogens is 1. The first-order valence-corrected chi connectivity index (χ1v) is 12.5. The van der Waals surface area contributed by atoms with E-state index in [2.05, 4.69) is 16.8 Å². The number of methoxy groups -OCH3 is 2. The summed E-state index contributed by atoms with van der Waals surface area (Å²) in [6.45, 7) is 6.97. The molecule has 1 aliphatic rings. The van der Waals surface area contributed by atoms with Gasteiger partial charge in [-0.05, 0) is 42.4 Å². The number of carbonyl (C=O) groups is 2. The second-order valence-electron chi connectivity index (χ2n) is 8.23. The third kappa shape index (κ3) is 5.80. The summed E-state index contributed by atoms with van der Waals surface area (Å²) in [5.74, 6) is 0.728. The van der Waals surface area contributed by atoms with Crippen LogP contribution in [0.15, 0.2) is 59.0 Å². The minimum Gasteiger partial charge on any atom is -0.493 e. The van der Waals surface area contributed by atoms with Crippen LogP contribution < -0.4 is 14.3 Å². The van der Waals surface area contributed by atoms with E-state index < -0.39 is 0 Å². The molecule has 0 bridgehead atoms. The van der Waals surface area contributed by atoms with Crippen molar-refractivity contribution in [3.8, 4) is 11.5 Å². The highest BCUT2D eigenvalue weighted by molar-refractivity contribution is 7.07. The Morgan fingerprint density at radius 3 is 2.46 bits per heavy atom. The van der Waals surface area contributed by atoms with Crippen molar-refractivity contribution >= 4 is 23.2 Å². The zero-order valence-corrected chi connectivity index (χ0v) is 21.1.